The second kappa shape index (κ2) is 7.24. The number of benzene rings is 2. The van der Waals surface area contributed by atoms with E-state index in [1.54, 1.807) is 6.21 Å². The minimum atomic E-state index is 0.402. The Hall–Kier alpha value is -2.62. The second-order valence-corrected chi connectivity index (χ2v) is 4.54. The lowest BCUT2D eigenvalue weighted by Crippen LogP contribution is -2.02. The molecule has 0 radical (unpaired) electrons. The number of nitrogens with zero attached hydrogens (tertiary/aromatic N) is 2. The molecule has 0 bridgehead atoms. The van der Waals surface area contributed by atoms with Gasteiger partial charge in [-0.3, -0.25) is 4.99 Å². The van der Waals surface area contributed by atoms with Crippen LogP contribution in [-0.4, -0.2) is 23.7 Å². The van der Waals surface area contributed by atoms with Crippen molar-refractivity contribution in [1.29, 1.82) is 0 Å². The van der Waals surface area contributed by atoms with Gasteiger partial charge in [0.2, 0.25) is 0 Å². The van der Waals surface area contributed by atoms with Crippen LogP contribution in [0.4, 0.5) is 5.69 Å². The molecule has 2 aromatic carbocycles. The van der Waals surface area contributed by atoms with Gasteiger partial charge in [-0.1, -0.05) is 22.9 Å². The van der Waals surface area contributed by atoms with Crippen LogP contribution >= 0.6 is 0 Å². The molecule has 0 saturated carbocycles. The molecule has 0 unspecified atom stereocenters. The van der Waals surface area contributed by atoms with Crippen molar-refractivity contribution < 1.29 is 9.94 Å². The highest BCUT2D eigenvalue weighted by Gasteiger charge is 2.02. The van der Waals surface area contributed by atoms with Gasteiger partial charge in [-0.05, 0) is 50.2 Å². The predicted molar refractivity (Wildman–Crippen MR) is 85.3 cm³/mol. The SMILES string of the molecule is CCOc1ccc(C(C=Nc2ccc(C)cc2)=NO)cc1. The molecule has 0 fully saturated rings. The first-order valence-corrected chi connectivity index (χ1v) is 6.79. The first-order chi connectivity index (χ1) is 10.2. The van der Waals surface area contributed by atoms with Crippen LogP contribution in [0.3, 0.4) is 0 Å². The zero-order valence-corrected chi connectivity index (χ0v) is 12.2. The van der Waals surface area contributed by atoms with Gasteiger partial charge in [0.15, 0.2) is 0 Å². The highest BCUT2D eigenvalue weighted by atomic mass is 16.5. The summed E-state index contributed by atoms with van der Waals surface area (Å²) in [5, 5.41) is 12.4. The van der Waals surface area contributed by atoms with Crippen molar-refractivity contribution in [3.05, 3.63) is 59.7 Å². The van der Waals surface area contributed by atoms with Crippen molar-refractivity contribution in [2.75, 3.05) is 6.61 Å². The van der Waals surface area contributed by atoms with E-state index in [1.807, 2.05) is 62.4 Å². The van der Waals surface area contributed by atoms with Gasteiger partial charge in [0.25, 0.3) is 0 Å². The van der Waals surface area contributed by atoms with Crippen LogP contribution in [-0.2, 0) is 0 Å². The Bertz CT molecular complexity index is 629. The lowest BCUT2D eigenvalue weighted by Gasteiger charge is -2.04. The van der Waals surface area contributed by atoms with Crippen LogP contribution in [0.1, 0.15) is 18.1 Å². The number of hydrogen-bond donors (Lipinski definition) is 1. The Morgan fingerprint density at radius 1 is 1.10 bits per heavy atom. The summed E-state index contributed by atoms with van der Waals surface area (Å²) in [5.41, 5.74) is 3.17. The van der Waals surface area contributed by atoms with Crippen molar-refractivity contribution in [2.45, 2.75) is 13.8 Å². The van der Waals surface area contributed by atoms with Gasteiger partial charge in [0.1, 0.15) is 11.5 Å². The number of ether oxygens (including phenoxy) is 1. The van der Waals surface area contributed by atoms with Crippen LogP contribution in [0.15, 0.2) is 58.7 Å². The van der Waals surface area contributed by atoms with Crippen LogP contribution in [0.5, 0.6) is 5.75 Å². The minimum Gasteiger partial charge on any atom is -0.494 e. The third-order valence-corrected chi connectivity index (χ3v) is 2.94. The molecule has 0 aliphatic heterocycles. The van der Waals surface area contributed by atoms with E-state index in [1.165, 1.54) is 5.56 Å². The fourth-order valence-corrected chi connectivity index (χ4v) is 1.81. The second-order valence-electron chi connectivity index (χ2n) is 4.54. The molecule has 0 saturated heterocycles. The Labute approximate surface area is 124 Å². The number of oxime groups is 1. The Morgan fingerprint density at radius 2 is 1.76 bits per heavy atom. The minimum absolute atomic E-state index is 0.402. The van der Waals surface area contributed by atoms with E-state index in [-0.39, 0.29) is 0 Å². The smallest absolute Gasteiger partial charge is 0.128 e. The van der Waals surface area contributed by atoms with Gasteiger partial charge in [-0.25, -0.2) is 0 Å². The van der Waals surface area contributed by atoms with Crippen LogP contribution in [0.25, 0.3) is 0 Å². The van der Waals surface area contributed by atoms with Crippen molar-refractivity contribution >= 4 is 17.6 Å². The van der Waals surface area contributed by atoms with Crippen LogP contribution in [0, 0.1) is 6.92 Å². The van der Waals surface area contributed by atoms with E-state index in [0.717, 1.165) is 17.0 Å². The van der Waals surface area contributed by atoms with Crippen LogP contribution < -0.4 is 4.74 Å². The van der Waals surface area contributed by atoms with E-state index in [9.17, 15) is 0 Å². The molecule has 1 N–H and O–H groups in total. The molecule has 0 spiro atoms. The van der Waals surface area contributed by atoms with Gasteiger partial charge in [-0.2, -0.15) is 0 Å². The maximum Gasteiger partial charge on any atom is 0.128 e. The standard InChI is InChI=1S/C17H18N2O2/c1-3-21-16-10-6-14(7-11-16)17(19-20)12-18-15-8-4-13(2)5-9-15/h4-12,20H,3H2,1-2H3. The topological polar surface area (TPSA) is 54.2 Å². The summed E-state index contributed by atoms with van der Waals surface area (Å²) in [7, 11) is 0. The Balaban J connectivity index is 2.14. The summed E-state index contributed by atoms with van der Waals surface area (Å²) >= 11 is 0. The lowest BCUT2D eigenvalue weighted by atomic mass is 10.1. The number of rotatable bonds is 5. The van der Waals surface area contributed by atoms with Crippen LogP contribution in [0.2, 0.25) is 0 Å². The van der Waals surface area contributed by atoms with Crippen molar-refractivity contribution in [3.8, 4) is 5.75 Å². The van der Waals surface area contributed by atoms with Crippen molar-refractivity contribution in [1.82, 2.24) is 0 Å². The van der Waals surface area contributed by atoms with Gasteiger partial charge in [0, 0.05) is 5.56 Å². The van der Waals surface area contributed by atoms with E-state index in [2.05, 4.69) is 10.1 Å². The van der Waals surface area contributed by atoms with E-state index < -0.39 is 0 Å². The molecule has 0 aliphatic rings. The zero-order valence-electron chi connectivity index (χ0n) is 12.2. The lowest BCUT2D eigenvalue weighted by molar-refractivity contribution is 0.320. The zero-order chi connectivity index (χ0) is 15.1. The highest BCUT2D eigenvalue weighted by Crippen LogP contribution is 2.14. The summed E-state index contributed by atoms with van der Waals surface area (Å²) in [6.07, 6.45) is 1.54. The predicted octanol–water partition coefficient (Wildman–Crippen LogP) is 3.97. The third-order valence-electron chi connectivity index (χ3n) is 2.94. The number of aryl methyl sites for hydroxylation is 1. The van der Waals surface area contributed by atoms with E-state index in [4.69, 9.17) is 9.94 Å². The summed E-state index contributed by atoms with van der Waals surface area (Å²) in [6.45, 7) is 4.58. The quantitative estimate of drug-likeness (QED) is 0.512. The van der Waals surface area contributed by atoms with E-state index >= 15 is 0 Å². The molecular weight excluding hydrogens is 264 g/mol. The molecule has 4 heteroatoms. The fourth-order valence-electron chi connectivity index (χ4n) is 1.81. The Kier molecular flexibility index (Phi) is 5.10. The largest absolute Gasteiger partial charge is 0.494 e. The van der Waals surface area contributed by atoms with Gasteiger partial charge in [0.05, 0.1) is 18.5 Å². The molecule has 108 valence electrons. The number of aliphatic imine (C=N–C) groups is 1. The van der Waals surface area contributed by atoms with Gasteiger partial charge in [-0.15, -0.1) is 0 Å². The average molecular weight is 282 g/mol. The molecular formula is C17H18N2O2. The highest BCUT2D eigenvalue weighted by molar-refractivity contribution is 6.38. The molecule has 4 nitrogen and oxygen atoms in total. The van der Waals surface area contributed by atoms with Crippen molar-refractivity contribution in [2.24, 2.45) is 10.1 Å². The molecule has 0 aromatic heterocycles. The summed E-state index contributed by atoms with van der Waals surface area (Å²) in [5.74, 6) is 0.786. The Morgan fingerprint density at radius 3 is 2.33 bits per heavy atom. The summed E-state index contributed by atoms with van der Waals surface area (Å²) < 4.78 is 5.38. The molecule has 0 atom stereocenters. The normalized spacial score (nSPS) is 11.8. The van der Waals surface area contributed by atoms with E-state index in [0.29, 0.717) is 12.3 Å². The molecule has 0 aliphatic carbocycles. The monoisotopic (exact) mass is 282 g/mol. The van der Waals surface area contributed by atoms with Gasteiger partial charge >= 0.3 is 0 Å². The molecule has 21 heavy (non-hydrogen) atoms. The fraction of sp³-hybridized carbons (Fsp3) is 0.176. The molecule has 2 aromatic rings. The summed E-state index contributed by atoms with van der Waals surface area (Å²) in [4.78, 5) is 4.31. The maximum absolute atomic E-state index is 9.14. The number of hydrogen-bond acceptors (Lipinski definition) is 4. The van der Waals surface area contributed by atoms with Crippen molar-refractivity contribution in [3.63, 3.8) is 0 Å². The maximum atomic E-state index is 9.14. The first kappa shape index (κ1) is 14.8. The first-order valence-electron chi connectivity index (χ1n) is 6.79. The molecule has 2 rings (SSSR count). The average Bonchev–Trinajstić information content (AvgIpc) is 2.51. The summed E-state index contributed by atoms with van der Waals surface area (Å²) in [6, 6.07) is 15.1. The van der Waals surface area contributed by atoms with Gasteiger partial charge < -0.3 is 9.94 Å². The molecule has 0 amide bonds. The molecule has 0 heterocycles. The third kappa shape index (κ3) is 4.18.